The topological polar surface area (TPSA) is 27.7 Å². The van der Waals surface area contributed by atoms with Crippen LogP contribution in [-0.4, -0.2) is 12.5 Å². The lowest BCUT2D eigenvalue weighted by atomic mass is 10.2. The van der Waals surface area contributed by atoms with Crippen LogP contribution in [0.4, 0.5) is 0 Å². The van der Waals surface area contributed by atoms with E-state index in [1.807, 2.05) is 62.4 Å². The number of hydrogen-bond acceptors (Lipinski definition) is 4. The van der Waals surface area contributed by atoms with E-state index in [9.17, 15) is 0 Å². The van der Waals surface area contributed by atoms with Gasteiger partial charge in [-0.15, -0.1) is 11.6 Å². The van der Waals surface area contributed by atoms with E-state index in [2.05, 4.69) is 0 Å². The number of halogens is 1. The third-order valence-corrected chi connectivity index (χ3v) is 5.09. The predicted molar refractivity (Wildman–Crippen MR) is 94.6 cm³/mol. The summed E-state index contributed by atoms with van der Waals surface area (Å²) in [6, 6.07) is 15.2. The van der Waals surface area contributed by atoms with Gasteiger partial charge in [0.15, 0.2) is 0 Å². The summed E-state index contributed by atoms with van der Waals surface area (Å²) in [4.78, 5) is 0. The van der Waals surface area contributed by atoms with Crippen molar-refractivity contribution in [2.75, 3.05) is 12.5 Å². The molecule has 0 aliphatic rings. The fraction of sp³-hybridized carbons (Fsp3) is 0.250. The Balaban J connectivity index is 2.17. The first-order chi connectivity index (χ1) is 10.5. The quantitative estimate of drug-likeness (QED) is 0.501. The van der Waals surface area contributed by atoms with Gasteiger partial charge in [0.05, 0.1) is 6.61 Å². The molecule has 2 aromatic carbocycles. The number of alkyl halides is 1. The Morgan fingerprint density at radius 3 is 1.64 bits per heavy atom. The van der Waals surface area contributed by atoms with Gasteiger partial charge in [0, 0.05) is 17.7 Å². The van der Waals surface area contributed by atoms with Gasteiger partial charge in [-0.1, -0.05) is 35.4 Å². The monoisotopic (exact) mass is 356 g/mol. The molecule has 0 unspecified atom stereocenters. The molecule has 0 aliphatic carbocycles. The molecule has 0 spiro atoms. The lowest BCUT2D eigenvalue weighted by Crippen LogP contribution is -2.06. The van der Waals surface area contributed by atoms with Crippen molar-refractivity contribution in [3.05, 3.63) is 59.7 Å². The Morgan fingerprint density at radius 1 is 0.864 bits per heavy atom. The zero-order chi connectivity index (χ0) is 16.0. The first-order valence-electron chi connectivity index (χ1n) is 6.84. The third-order valence-electron chi connectivity index (χ3n) is 2.80. The molecule has 22 heavy (non-hydrogen) atoms. The van der Waals surface area contributed by atoms with Crippen LogP contribution in [0.1, 0.15) is 11.1 Å². The van der Waals surface area contributed by atoms with Gasteiger partial charge in [0.25, 0.3) is 0 Å². The van der Waals surface area contributed by atoms with Gasteiger partial charge in [-0.05, 0) is 38.1 Å². The summed E-state index contributed by atoms with van der Waals surface area (Å²) in [7, 11) is 0. The van der Waals surface area contributed by atoms with Crippen molar-refractivity contribution >= 4 is 30.1 Å². The highest BCUT2D eigenvalue weighted by Crippen LogP contribution is 2.49. The summed E-state index contributed by atoms with van der Waals surface area (Å²) in [6.45, 7) is 1.33. The van der Waals surface area contributed by atoms with E-state index in [0.717, 1.165) is 11.1 Å². The van der Waals surface area contributed by atoms with Crippen LogP contribution in [0.2, 0.25) is 0 Å². The van der Waals surface area contributed by atoms with Gasteiger partial charge in [-0.2, -0.15) is 0 Å². The van der Waals surface area contributed by atoms with E-state index < -0.39 is 6.72 Å². The summed E-state index contributed by atoms with van der Waals surface area (Å²) >= 11 is 11.2. The molecule has 0 N–H and O–H groups in total. The maximum absolute atomic E-state index is 5.82. The van der Waals surface area contributed by atoms with Crippen LogP contribution < -0.4 is 9.05 Å². The van der Waals surface area contributed by atoms with Gasteiger partial charge in [0.2, 0.25) is 0 Å². The smallest absolute Gasteiger partial charge is 0.416 e. The van der Waals surface area contributed by atoms with E-state index in [1.165, 1.54) is 0 Å². The van der Waals surface area contributed by atoms with E-state index in [1.54, 1.807) is 0 Å². The van der Waals surface area contributed by atoms with Gasteiger partial charge in [-0.3, -0.25) is 4.52 Å². The molecule has 118 valence electrons. The molecule has 0 saturated heterocycles. The standard InChI is InChI=1S/C16H18ClO3PS/c1-13-3-7-15(8-4-13)19-21(22,18-12-11-17)20-16-9-5-14(2)6-10-16/h3-10H,11-12H2,1-2H3. The summed E-state index contributed by atoms with van der Waals surface area (Å²) < 4.78 is 17.2. The Morgan fingerprint density at radius 2 is 1.27 bits per heavy atom. The number of rotatable bonds is 7. The molecule has 6 heteroatoms. The van der Waals surface area contributed by atoms with E-state index in [4.69, 9.17) is 37.0 Å². The van der Waals surface area contributed by atoms with Crippen LogP contribution in [0.15, 0.2) is 48.5 Å². The zero-order valence-electron chi connectivity index (χ0n) is 12.5. The molecule has 0 fully saturated rings. The second-order valence-electron chi connectivity index (χ2n) is 4.78. The van der Waals surface area contributed by atoms with Crippen molar-refractivity contribution in [3.8, 4) is 11.5 Å². The van der Waals surface area contributed by atoms with Crippen LogP contribution in [0.5, 0.6) is 11.5 Å². The normalized spacial score (nSPS) is 11.2. The molecular formula is C16H18ClO3PS. The Bertz CT molecular complexity index is 592. The minimum Gasteiger partial charge on any atom is -0.416 e. The average molecular weight is 357 g/mol. The molecule has 0 heterocycles. The molecule has 0 bridgehead atoms. The summed E-state index contributed by atoms with van der Waals surface area (Å²) in [5, 5.41) is 0. The molecule has 0 atom stereocenters. The maximum Gasteiger partial charge on any atom is 0.434 e. The number of hydrogen-bond donors (Lipinski definition) is 0. The third kappa shape index (κ3) is 5.29. The minimum absolute atomic E-state index is 0.274. The highest BCUT2D eigenvalue weighted by molar-refractivity contribution is 8.07. The summed E-state index contributed by atoms with van der Waals surface area (Å²) in [5.41, 5.74) is 2.28. The Hall–Kier alpha value is -1.06. The fourth-order valence-electron chi connectivity index (χ4n) is 1.67. The molecule has 2 aromatic rings. The van der Waals surface area contributed by atoms with Crippen molar-refractivity contribution < 1.29 is 13.6 Å². The van der Waals surface area contributed by atoms with Crippen LogP contribution in [0.25, 0.3) is 0 Å². The zero-order valence-corrected chi connectivity index (χ0v) is 15.0. The van der Waals surface area contributed by atoms with E-state index >= 15 is 0 Å². The van der Waals surface area contributed by atoms with Crippen molar-refractivity contribution in [1.29, 1.82) is 0 Å². The summed E-state index contributed by atoms with van der Waals surface area (Å²) in [6.07, 6.45) is 0. The molecule has 0 aliphatic heterocycles. The Labute approximate surface area is 141 Å². The van der Waals surface area contributed by atoms with E-state index in [-0.39, 0.29) is 6.61 Å². The largest absolute Gasteiger partial charge is 0.434 e. The van der Waals surface area contributed by atoms with Crippen molar-refractivity contribution in [3.63, 3.8) is 0 Å². The molecule has 2 rings (SSSR count). The van der Waals surface area contributed by atoms with Crippen molar-refractivity contribution in [1.82, 2.24) is 0 Å². The summed E-state index contributed by atoms with van der Waals surface area (Å²) in [5.74, 6) is 1.57. The average Bonchev–Trinajstić information content (AvgIpc) is 2.50. The lowest BCUT2D eigenvalue weighted by molar-refractivity contribution is 0.278. The van der Waals surface area contributed by atoms with Gasteiger partial charge in [0.1, 0.15) is 11.5 Å². The minimum atomic E-state index is -2.96. The fourth-order valence-corrected chi connectivity index (χ4v) is 3.82. The van der Waals surface area contributed by atoms with Crippen LogP contribution in [0, 0.1) is 13.8 Å². The maximum atomic E-state index is 5.82. The van der Waals surface area contributed by atoms with Crippen LogP contribution in [-0.2, 0) is 16.3 Å². The second kappa shape index (κ2) is 7.98. The highest BCUT2D eigenvalue weighted by atomic mass is 35.5. The van der Waals surface area contributed by atoms with Crippen molar-refractivity contribution in [2.24, 2.45) is 0 Å². The number of benzene rings is 2. The molecule has 0 radical (unpaired) electrons. The Kier molecular flexibility index (Phi) is 6.27. The van der Waals surface area contributed by atoms with E-state index in [0.29, 0.717) is 17.4 Å². The van der Waals surface area contributed by atoms with Gasteiger partial charge >= 0.3 is 6.72 Å². The van der Waals surface area contributed by atoms with Crippen LogP contribution in [0.3, 0.4) is 0 Å². The first kappa shape index (κ1) is 17.3. The highest BCUT2D eigenvalue weighted by Gasteiger charge is 2.24. The van der Waals surface area contributed by atoms with Gasteiger partial charge < -0.3 is 9.05 Å². The predicted octanol–water partition coefficient (Wildman–Crippen LogP) is 5.24. The van der Waals surface area contributed by atoms with Crippen molar-refractivity contribution in [2.45, 2.75) is 13.8 Å². The molecule has 0 aromatic heterocycles. The molecular weight excluding hydrogens is 339 g/mol. The second-order valence-corrected chi connectivity index (χ2v) is 8.02. The molecule has 3 nitrogen and oxygen atoms in total. The molecule has 0 saturated carbocycles. The number of aryl methyl sites for hydroxylation is 2. The lowest BCUT2D eigenvalue weighted by Gasteiger charge is -2.22. The molecule has 0 amide bonds. The first-order valence-corrected chi connectivity index (χ1v) is 9.93. The van der Waals surface area contributed by atoms with Gasteiger partial charge in [-0.25, -0.2) is 0 Å². The SMILES string of the molecule is Cc1ccc(OP(=S)(OCCCl)Oc2ccc(C)cc2)cc1. The van der Waals surface area contributed by atoms with Crippen LogP contribution >= 0.6 is 18.3 Å².